The average Bonchev–Trinajstić information content (AvgIpc) is 2.91. The van der Waals surface area contributed by atoms with Gasteiger partial charge in [0.15, 0.2) is 0 Å². The third-order valence-corrected chi connectivity index (χ3v) is 2.82. The zero-order valence-electron chi connectivity index (χ0n) is 10.0. The maximum Gasteiger partial charge on any atom is 0.204 e. The van der Waals surface area contributed by atoms with Crippen molar-refractivity contribution in [1.29, 1.82) is 0 Å². The number of fused-ring (bicyclic) bond motifs is 1. The third-order valence-electron chi connectivity index (χ3n) is 2.82. The Kier molecular flexibility index (Phi) is 2.49. The van der Waals surface area contributed by atoms with Crippen LogP contribution in [0.1, 0.15) is 0 Å². The second kappa shape index (κ2) is 4.16. The van der Waals surface area contributed by atoms with Gasteiger partial charge >= 0.3 is 0 Å². The molecule has 0 radical (unpaired) electrons. The van der Waals surface area contributed by atoms with E-state index < -0.39 is 0 Å². The van der Waals surface area contributed by atoms with Crippen molar-refractivity contribution in [1.82, 2.24) is 5.16 Å². The molecule has 6 heteroatoms. The molecule has 0 saturated heterocycles. The van der Waals surface area contributed by atoms with Gasteiger partial charge < -0.3 is 19.4 Å². The smallest absolute Gasteiger partial charge is 0.204 e. The molecule has 0 atom stereocenters. The first-order valence-corrected chi connectivity index (χ1v) is 5.52. The van der Waals surface area contributed by atoms with E-state index in [0.717, 1.165) is 0 Å². The van der Waals surface area contributed by atoms with Crippen molar-refractivity contribution >= 4 is 16.9 Å². The van der Waals surface area contributed by atoms with Gasteiger partial charge in [-0.3, -0.25) is 4.79 Å². The van der Waals surface area contributed by atoms with Crippen LogP contribution in [0.3, 0.4) is 0 Å². The van der Waals surface area contributed by atoms with E-state index >= 15 is 0 Å². The number of hydrogen-bond acceptors (Lipinski definition) is 6. The predicted molar refractivity (Wildman–Crippen MR) is 68.9 cm³/mol. The molecule has 3 rings (SSSR count). The van der Waals surface area contributed by atoms with Gasteiger partial charge in [0.2, 0.25) is 11.3 Å². The fourth-order valence-corrected chi connectivity index (χ4v) is 1.90. The minimum absolute atomic E-state index is 0.000321. The summed E-state index contributed by atoms with van der Waals surface area (Å²) in [6.07, 6.45) is 1.37. The molecule has 0 amide bonds. The van der Waals surface area contributed by atoms with Crippen molar-refractivity contribution in [3.63, 3.8) is 0 Å². The van der Waals surface area contributed by atoms with E-state index in [-0.39, 0.29) is 16.9 Å². The molecule has 0 saturated carbocycles. The quantitative estimate of drug-likeness (QED) is 0.756. The Hall–Kier alpha value is -2.76. The highest BCUT2D eigenvalue weighted by Crippen LogP contribution is 2.27. The van der Waals surface area contributed by atoms with Crippen LogP contribution < -0.4 is 15.9 Å². The van der Waals surface area contributed by atoms with E-state index in [4.69, 9.17) is 19.4 Å². The monoisotopic (exact) mass is 258 g/mol. The molecule has 3 aromatic rings. The lowest BCUT2D eigenvalue weighted by Crippen LogP contribution is -2.09. The standard InChI is InChI=1S/C13H10N2O4/c1-17-7-2-3-8-10(6-7)19-13(14)11(12(8)16)9-4-5-18-15-9/h2-6H,14H2,1H3. The largest absolute Gasteiger partial charge is 0.497 e. The first-order chi connectivity index (χ1) is 9.20. The molecule has 0 unspecified atom stereocenters. The SMILES string of the molecule is COc1ccc2c(=O)c(-c3ccon3)c(N)oc2c1. The van der Waals surface area contributed by atoms with Crippen molar-refractivity contribution in [2.24, 2.45) is 0 Å². The van der Waals surface area contributed by atoms with E-state index in [1.807, 2.05) is 0 Å². The summed E-state index contributed by atoms with van der Waals surface area (Å²) in [5.74, 6) is 0.587. The van der Waals surface area contributed by atoms with Crippen molar-refractivity contribution in [3.8, 4) is 17.0 Å². The molecule has 1 aromatic carbocycles. The minimum Gasteiger partial charge on any atom is -0.497 e. The Morgan fingerprint density at radius 1 is 1.32 bits per heavy atom. The van der Waals surface area contributed by atoms with Crippen LogP contribution in [-0.2, 0) is 0 Å². The molecule has 2 aromatic heterocycles. The fourth-order valence-electron chi connectivity index (χ4n) is 1.90. The van der Waals surface area contributed by atoms with E-state index in [1.54, 1.807) is 24.3 Å². The number of nitrogens with two attached hydrogens (primary N) is 1. The highest BCUT2D eigenvalue weighted by Gasteiger charge is 2.16. The number of hydrogen-bond donors (Lipinski definition) is 1. The Morgan fingerprint density at radius 3 is 2.84 bits per heavy atom. The average molecular weight is 258 g/mol. The van der Waals surface area contributed by atoms with E-state index in [2.05, 4.69) is 5.16 Å². The first kappa shape index (κ1) is 11.3. The van der Waals surface area contributed by atoms with E-state index in [0.29, 0.717) is 22.4 Å². The second-order valence-electron chi connectivity index (χ2n) is 3.92. The molecule has 6 nitrogen and oxygen atoms in total. The van der Waals surface area contributed by atoms with Gasteiger partial charge in [-0.05, 0) is 12.1 Å². The summed E-state index contributed by atoms with van der Waals surface area (Å²) < 4.78 is 15.3. The van der Waals surface area contributed by atoms with Crippen LogP contribution in [0.5, 0.6) is 5.75 Å². The van der Waals surface area contributed by atoms with Crippen molar-refractivity contribution in [2.75, 3.05) is 12.8 Å². The number of rotatable bonds is 2. The number of anilines is 1. The topological polar surface area (TPSA) is 91.5 Å². The molecule has 96 valence electrons. The normalized spacial score (nSPS) is 10.8. The van der Waals surface area contributed by atoms with Gasteiger partial charge in [-0.1, -0.05) is 5.16 Å². The van der Waals surface area contributed by atoms with Crippen LogP contribution in [0.25, 0.3) is 22.2 Å². The zero-order chi connectivity index (χ0) is 13.4. The van der Waals surface area contributed by atoms with Crippen LogP contribution in [-0.4, -0.2) is 12.3 Å². The van der Waals surface area contributed by atoms with Crippen molar-refractivity contribution in [2.45, 2.75) is 0 Å². The lowest BCUT2D eigenvalue weighted by molar-refractivity contribution is 0.414. The number of methoxy groups -OCH3 is 1. The predicted octanol–water partition coefficient (Wildman–Crippen LogP) is 2.04. The molecule has 19 heavy (non-hydrogen) atoms. The molecule has 0 aliphatic rings. The summed E-state index contributed by atoms with van der Waals surface area (Å²) >= 11 is 0. The van der Waals surface area contributed by atoms with Gasteiger partial charge in [-0.2, -0.15) is 0 Å². The van der Waals surface area contributed by atoms with Gasteiger partial charge in [-0.15, -0.1) is 0 Å². The molecule has 2 N–H and O–H groups in total. The first-order valence-electron chi connectivity index (χ1n) is 5.52. The van der Waals surface area contributed by atoms with E-state index in [1.165, 1.54) is 13.4 Å². The highest BCUT2D eigenvalue weighted by molar-refractivity contribution is 5.85. The highest BCUT2D eigenvalue weighted by atomic mass is 16.5. The maximum atomic E-state index is 12.4. The molecule has 0 fully saturated rings. The van der Waals surface area contributed by atoms with Crippen LogP contribution in [0.4, 0.5) is 5.88 Å². The van der Waals surface area contributed by atoms with Crippen LogP contribution in [0.2, 0.25) is 0 Å². The maximum absolute atomic E-state index is 12.4. The molecular weight excluding hydrogens is 248 g/mol. The summed E-state index contributed by atoms with van der Waals surface area (Å²) in [4.78, 5) is 12.4. The number of nitrogens with zero attached hydrogens (tertiary/aromatic N) is 1. The Morgan fingerprint density at radius 2 is 2.16 bits per heavy atom. The van der Waals surface area contributed by atoms with Crippen LogP contribution in [0.15, 0.2) is 44.3 Å². The minimum atomic E-state index is -0.254. The lowest BCUT2D eigenvalue weighted by atomic mass is 10.1. The fraction of sp³-hybridized carbons (Fsp3) is 0.0769. The number of aromatic nitrogens is 1. The number of nitrogen functional groups attached to an aromatic ring is 1. The molecule has 0 aliphatic heterocycles. The number of ether oxygens (including phenoxy) is 1. The van der Waals surface area contributed by atoms with Crippen LogP contribution >= 0.6 is 0 Å². The van der Waals surface area contributed by atoms with Gasteiger partial charge in [0.1, 0.15) is 28.9 Å². The van der Waals surface area contributed by atoms with E-state index in [9.17, 15) is 4.79 Å². The zero-order valence-corrected chi connectivity index (χ0v) is 10.0. The third kappa shape index (κ3) is 1.74. The van der Waals surface area contributed by atoms with Gasteiger partial charge in [-0.25, -0.2) is 0 Å². The Balaban J connectivity index is 2.35. The molecule has 0 aliphatic carbocycles. The Bertz CT molecular complexity index is 790. The Labute approximate surface area is 107 Å². The summed E-state index contributed by atoms with van der Waals surface area (Å²) in [5, 5.41) is 4.12. The van der Waals surface area contributed by atoms with Crippen molar-refractivity contribution < 1.29 is 13.7 Å². The van der Waals surface area contributed by atoms with Gasteiger partial charge in [0.05, 0.1) is 12.5 Å². The second-order valence-corrected chi connectivity index (χ2v) is 3.92. The van der Waals surface area contributed by atoms with Gasteiger partial charge in [0, 0.05) is 12.1 Å². The summed E-state index contributed by atoms with van der Waals surface area (Å²) in [6, 6.07) is 6.47. The summed E-state index contributed by atoms with van der Waals surface area (Å²) in [6.45, 7) is 0. The molecule has 0 spiro atoms. The van der Waals surface area contributed by atoms with Crippen molar-refractivity contribution in [3.05, 3.63) is 40.8 Å². The molecule has 0 bridgehead atoms. The van der Waals surface area contributed by atoms with Crippen LogP contribution in [0, 0.1) is 0 Å². The molecule has 2 heterocycles. The summed E-state index contributed by atoms with van der Waals surface area (Å²) in [5.41, 5.74) is 6.45. The summed E-state index contributed by atoms with van der Waals surface area (Å²) in [7, 11) is 1.53. The van der Waals surface area contributed by atoms with Gasteiger partial charge in [0.25, 0.3) is 0 Å². The lowest BCUT2D eigenvalue weighted by Gasteiger charge is -2.05. The number of benzene rings is 1. The molecular formula is C13H10N2O4.